The molecule has 0 spiro atoms. The number of carboxylic acids is 1. The van der Waals surface area contributed by atoms with Crippen molar-refractivity contribution < 1.29 is 131 Å². The number of hydrogen-bond acceptors (Lipinski definition) is 7. The zero-order valence-corrected chi connectivity index (χ0v) is 26.4. The van der Waals surface area contributed by atoms with Crippen molar-refractivity contribution in [1.82, 2.24) is 4.90 Å². The molecule has 0 aliphatic carbocycles. The molecule has 2 aliphatic heterocycles. The molecule has 1 unspecified atom stereocenters. The van der Waals surface area contributed by atoms with E-state index in [1.807, 2.05) is 12.1 Å². The Morgan fingerprint density at radius 3 is 2.09 bits per heavy atom. The standard InChI is InChI=1S/C24H19N3O5S.2K.2H/c25-12-14-3-1-5-16(7-14)18(28)9-20-22(23(31)32)27-21(30)11-24(27,33-20)10-19(29)17-6-2-4-15(8-17)13-26;;;;/h1-8,18-19,28-29H,9-11H2,(H,31,32);;;;/q;2*+1;2*-1/t18-,19-,24?;;;;/m0..../s1. The van der Waals surface area contributed by atoms with Crippen LogP contribution in [0.3, 0.4) is 0 Å². The molecule has 8 nitrogen and oxygen atoms in total. The third-order valence-corrected chi connectivity index (χ3v) is 7.26. The number of amides is 1. The molecule has 1 amide bonds. The average molecular weight is 542 g/mol. The van der Waals surface area contributed by atoms with E-state index in [9.17, 15) is 24.9 Å². The van der Waals surface area contributed by atoms with Crippen LogP contribution in [0.4, 0.5) is 0 Å². The van der Waals surface area contributed by atoms with E-state index in [2.05, 4.69) is 0 Å². The van der Waals surface area contributed by atoms with Gasteiger partial charge in [-0.3, -0.25) is 9.69 Å². The van der Waals surface area contributed by atoms with Gasteiger partial charge in [-0.1, -0.05) is 36.0 Å². The fraction of sp³-hybridized carbons (Fsp3) is 0.250. The number of aliphatic carboxylic acids is 1. The summed E-state index contributed by atoms with van der Waals surface area (Å²) in [7, 11) is 0. The number of nitriles is 2. The normalized spacial score (nSPS) is 19.8. The maximum atomic E-state index is 12.4. The number of thioether (sulfide) groups is 1. The Labute approximate surface area is 294 Å². The van der Waals surface area contributed by atoms with E-state index in [-0.39, 0.29) is 136 Å². The van der Waals surface area contributed by atoms with Crippen LogP contribution in [0.1, 0.15) is 56.6 Å². The van der Waals surface area contributed by atoms with Gasteiger partial charge in [-0.2, -0.15) is 10.5 Å². The summed E-state index contributed by atoms with van der Waals surface area (Å²) in [6, 6.07) is 16.9. The van der Waals surface area contributed by atoms with Gasteiger partial charge in [0.1, 0.15) is 10.6 Å². The first-order valence-electron chi connectivity index (χ1n) is 10.1. The zero-order chi connectivity index (χ0) is 23.8. The van der Waals surface area contributed by atoms with Gasteiger partial charge in [0.05, 0.1) is 41.9 Å². The minimum atomic E-state index is -1.29. The van der Waals surface area contributed by atoms with Gasteiger partial charge >= 0.3 is 109 Å². The Balaban J connectivity index is 0.00000324. The first-order valence-corrected chi connectivity index (χ1v) is 10.9. The minimum absolute atomic E-state index is 0. The molecule has 1 fully saturated rings. The van der Waals surface area contributed by atoms with Crippen LogP contribution in [0.15, 0.2) is 59.1 Å². The summed E-state index contributed by atoms with van der Waals surface area (Å²) < 4.78 is 0. The number of hydrogen-bond donors (Lipinski definition) is 3. The second-order valence-electron chi connectivity index (χ2n) is 7.95. The van der Waals surface area contributed by atoms with Gasteiger partial charge in [0.25, 0.3) is 0 Å². The summed E-state index contributed by atoms with van der Waals surface area (Å²) in [4.78, 5) is 25.0. The molecule has 2 heterocycles. The number of aliphatic hydroxyl groups is 2. The third-order valence-electron chi connectivity index (χ3n) is 5.78. The van der Waals surface area contributed by atoms with Crippen LogP contribution in [0.5, 0.6) is 0 Å². The van der Waals surface area contributed by atoms with E-state index in [1.54, 1.807) is 42.5 Å². The molecule has 4 rings (SSSR count). The summed E-state index contributed by atoms with van der Waals surface area (Å²) in [6.07, 6.45) is -2.02. The van der Waals surface area contributed by atoms with E-state index in [4.69, 9.17) is 10.5 Å². The predicted molar refractivity (Wildman–Crippen MR) is 120 cm³/mol. The second-order valence-corrected chi connectivity index (χ2v) is 9.40. The van der Waals surface area contributed by atoms with Crippen molar-refractivity contribution >= 4 is 23.6 Å². The molecule has 2 aromatic rings. The van der Waals surface area contributed by atoms with E-state index in [1.165, 1.54) is 22.7 Å². The number of benzene rings is 2. The molecule has 0 radical (unpaired) electrons. The van der Waals surface area contributed by atoms with Crippen molar-refractivity contribution in [2.75, 3.05) is 0 Å². The molecule has 2 aliphatic rings. The maximum absolute atomic E-state index is 12.4. The van der Waals surface area contributed by atoms with Gasteiger partial charge in [-0.05, 0) is 35.4 Å². The summed E-state index contributed by atoms with van der Waals surface area (Å²) in [5.74, 6) is -1.65. The summed E-state index contributed by atoms with van der Waals surface area (Å²) in [5, 5.41) is 49.6. The van der Waals surface area contributed by atoms with Gasteiger partial charge in [0.2, 0.25) is 5.91 Å². The number of carbonyl (C=O) groups excluding carboxylic acids is 1. The van der Waals surface area contributed by atoms with Gasteiger partial charge in [0.15, 0.2) is 0 Å². The summed E-state index contributed by atoms with van der Waals surface area (Å²) in [5.41, 5.74) is 1.54. The Morgan fingerprint density at radius 2 is 1.60 bits per heavy atom. The van der Waals surface area contributed by atoms with Crippen molar-refractivity contribution in [2.24, 2.45) is 0 Å². The van der Waals surface area contributed by atoms with Gasteiger partial charge in [0, 0.05) is 17.7 Å². The zero-order valence-electron chi connectivity index (χ0n) is 21.3. The van der Waals surface area contributed by atoms with Crippen LogP contribution >= 0.6 is 11.8 Å². The van der Waals surface area contributed by atoms with Crippen LogP contribution < -0.4 is 103 Å². The van der Waals surface area contributed by atoms with E-state index in [0.29, 0.717) is 27.2 Å². The van der Waals surface area contributed by atoms with Gasteiger partial charge in [-0.15, -0.1) is 0 Å². The molecular formula is C24H21K2N3O5S. The quantitative estimate of drug-likeness (QED) is 0.251. The van der Waals surface area contributed by atoms with Crippen LogP contribution in [-0.2, 0) is 9.59 Å². The van der Waals surface area contributed by atoms with Crippen molar-refractivity contribution in [2.45, 2.75) is 36.3 Å². The molecule has 35 heavy (non-hydrogen) atoms. The minimum Gasteiger partial charge on any atom is -1.00 e. The second kappa shape index (κ2) is 12.9. The smallest absolute Gasteiger partial charge is 1.00 e. The molecule has 0 bridgehead atoms. The van der Waals surface area contributed by atoms with Gasteiger partial charge in [-0.25, -0.2) is 4.79 Å². The van der Waals surface area contributed by atoms with E-state index in [0.717, 1.165) is 0 Å². The largest absolute Gasteiger partial charge is 1.00 e. The Hall–Kier alpha value is -0.357. The molecule has 2 aromatic carbocycles. The number of carboxylic acid groups (broad SMARTS) is 1. The van der Waals surface area contributed by atoms with E-state index >= 15 is 0 Å². The monoisotopic (exact) mass is 541 g/mol. The Morgan fingerprint density at radius 1 is 1.06 bits per heavy atom. The topological polar surface area (TPSA) is 146 Å². The number of nitrogens with zero attached hydrogens (tertiary/aromatic N) is 3. The first-order chi connectivity index (χ1) is 15.8. The number of rotatable bonds is 7. The van der Waals surface area contributed by atoms with Gasteiger partial charge < -0.3 is 18.2 Å². The van der Waals surface area contributed by atoms with Crippen LogP contribution in [0, 0.1) is 22.7 Å². The molecule has 0 saturated carbocycles. The van der Waals surface area contributed by atoms with Crippen molar-refractivity contribution in [1.29, 1.82) is 10.5 Å². The molecule has 3 N–H and O–H groups in total. The third kappa shape index (κ3) is 6.38. The molecule has 11 heteroatoms. The Kier molecular flexibility index (Phi) is 11.4. The molecule has 3 atom stereocenters. The van der Waals surface area contributed by atoms with Crippen LogP contribution in [0.25, 0.3) is 0 Å². The molecule has 1 saturated heterocycles. The number of β-lactam (4-membered cyclic amide) rings is 1. The number of carbonyl (C=O) groups is 2. The fourth-order valence-corrected chi connectivity index (χ4v) is 5.94. The van der Waals surface area contributed by atoms with Crippen molar-refractivity contribution in [3.8, 4) is 12.1 Å². The number of fused-ring (bicyclic) bond motifs is 1. The average Bonchev–Trinajstić information content (AvgIpc) is 3.06. The molecule has 170 valence electrons. The summed E-state index contributed by atoms with van der Waals surface area (Å²) in [6.45, 7) is 0. The van der Waals surface area contributed by atoms with Crippen molar-refractivity contribution in [3.63, 3.8) is 0 Å². The summed E-state index contributed by atoms with van der Waals surface area (Å²) >= 11 is 1.17. The molecule has 0 aromatic heterocycles. The van der Waals surface area contributed by atoms with Crippen LogP contribution in [0.2, 0.25) is 0 Å². The maximum Gasteiger partial charge on any atom is 1.00 e. The predicted octanol–water partition coefficient (Wildman–Crippen LogP) is -2.82. The van der Waals surface area contributed by atoms with Crippen molar-refractivity contribution in [3.05, 3.63) is 81.4 Å². The number of aliphatic hydroxyl groups excluding tert-OH is 2. The fourth-order valence-electron chi connectivity index (χ4n) is 4.25. The Bertz CT molecular complexity index is 1280. The molecular weight excluding hydrogens is 521 g/mol. The van der Waals surface area contributed by atoms with E-state index < -0.39 is 23.0 Å². The SMILES string of the molecule is N#Cc1cccc([C@@H](O)CC2=C(C(=O)O)N3C(=O)CC3(C[C@H](O)c3cccc(C#N)c3)S2)c1.[H-].[H-].[K+].[K+]. The van der Waals surface area contributed by atoms with Crippen LogP contribution in [-0.4, -0.2) is 37.0 Å². The first kappa shape index (κ1) is 30.9.